The third-order valence-corrected chi connectivity index (χ3v) is 7.16. The number of aromatic amines is 1. The number of nitrogens with one attached hydrogen (secondary N) is 3. The molecular weight excluding hydrogens is 474 g/mol. The van der Waals surface area contributed by atoms with Gasteiger partial charge in [-0.2, -0.15) is 0 Å². The van der Waals surface area contributed by atoms with E-state index in [9.17, 15) is 22.8 Å². The Labute approximate surface area is 206 Å². The standard InChI is InChI=1S/C22H37N7O5S/c1-35(33,34)27-10-3-2-8-19(22(32)28-11-4-5-12-28)29(21(31)18-7-6-9-25-18)20(30)17(23)13-16-14-24-15-26-16/h14-15,17-19,25,27H,2-13,23H2,1H3,(H,24,26)/t17-,18-,19?/m0/s1. The molecule has 2 saturated heterocycles. The third-order valence-electron chi connectivity index (χ3n) is 6.43. The molecule has 0 saturated carbocycles. The number of aromatic nitrogens is 2. The summed E-state index contributed by atoms with van der Waals surface area (Å²) in [6.45, 7) is 2.06. The van der Waals surface area contributed by atoms with Gasteiger partial charge in [-0.1, -0.05) is 0 Å². The molecule has 2 fully saturated rings. The fraction of sp³-hybridized carbons (Fsp3) is 0.727. The Hall–Kier alpha value is -2.35. The number of nitrogens with zero attached hydrogens (tertiary/aromatic N) is 3. The third kappa shape index (κ3) is 7.82. The number of nitrogens with two attached hydrogens (primary N) is 1. The number of carbonyl (C=O) groups is 3. The molecule has 5 N–H and O–H groups in total. The van der Waals surface area contributed by atoms with Crippen LogP contribution >= 0.6 is 0 Å². The summed E-state index contributed by atoms with van der Waals surface area (Å²) >= 11 is 0. The molecule has 3 atom stereocenters. The first-order valence-electron chi connectivity index (χ1n) is 12.2. The lowest BCUT2D eigenvalue weighted by Crippen LogP contribution is -2.60. The summed E-state index contributed by atoms with van der Waals surface area (Å²) in [6.07, 6.45) is 8.60. The first-order valence-corrected chi connectivity index (χ1v) is 14.1. The fourth-order valence-electron chi connectivity index (χ4n) is 4.61. The number of likely N-dealkylation sites (tertiary alicyclic amines) is 1. The number of rotatable bonds is 12. The molecule has 1 aromatic heterocycles. The van der Waals surface area contributed by atoms with E-state index in [-0.39, 0.29) is 25.3 Å². The number of amides is 3. The smallest absolute Gasteiger partial charge is 0.247 e. The van der Waals surface area contributed by atoms with E-state index in [1.165, 1.54) is 6.33 Å². The van der Waals surface area contributed by atoms with Gasteiger partial charge in [-0.15, -0.1) is 0 Å². The molecule has 1 aromatic rings. The zero-order valence-corrected chi connectivity index (χ0v) is 21.1. The Morgan fingerprint density at radius 2 is 2.00 bits per heavy atom. The second-order valence-electron chi connectivity index (χ2n) is 9.29. The van der Waals surface area contributed by atoms with E-state index in [1.54, 1.807) is 11.1 Å². The molecule has 2 aliphatic heterocycles. The fourth-order valence-corrected chi connectivity index (χ4v) is 5.12. The lowest BCUT2D eigenvalue weighted by Gasteiger charge is -2.35. The van der Waals surface area contributed by atoms with Crippen LogP contribution in [-0.4, -0.2) is 96.5 Å². The van der Waals surface area contributed by atoms with E-state index < -0.39 is 40.0 Å². The maximum atomic E-state index is 13.6. The zero-order valence-electron chi connectivity index (χ0n) is 20.2. The molecule has 12 nitrogen and oxygen atoms in total. The van der Waals surface area contributed by atoms with E-state index in [4.69, 9.17) is 5.73 Å². The molecule has 3 heterocycles. The Kier molecular flexibility index (Phi) is 9.78. The van der Waals surface area contributed by atoms with E-state index >= 15 is 0 Å². The van der Waals surface area contributed by atoms with Crippen LogP contribution in [0.5, 0.6) is 0 Å². The first kappa shape index (κ1) is 27.2. The highest BCUT2D eigenvalue weighted by Gasteiger charge is 2.42. The number of carbonyl (C=O) groups excluding carboxylic acids is 3. The van der Waals surface area contributed by atoms with Crippen LogP contribution in [0.1, 0.15) is 50.6 Å². The van der Waals surface area contributed by atoms with Crippen LogP contribution in [0.25, 0.3) is 0 Å². The summed E-state index contributed by atoms with van der Waals surface area (Å²) in [6, 6.07) is -2.55. The van der Waals surface area contributed by atoms with Crippen LogP contribution in [0.4, 0.5) is 0 Å². The molecule has 3 amide bonds. The van der Waals surface area contributed by atoms with E-state index in [0.29, 0.717) is 44.6 Å². The highest BCUT2D eigenvalue weighted by Crippen LogP contribution is 2.21. The number of H-pyrrole nitrogens is 1. The number of imide groups is 1. The average molecular weight is 512 g/mol. The minimum Gasteiger partial charge on any atom is -0.348 e. The summed E-state index contributed by atoms with van der Waals surface area (Å²) in [4.78, 5) is 50.4. The average Bonchev–Trinajstić information content (AvgIpc) is 3.59. The van der Waals surface area contributed by atoms with E-state index in [0.717, 1.165) is 30.4 Å². The van der Waals surface area contributed by atoms with Gasteiger partial charge in [0.05, 0.1) is 24.7 Å². The molecule has 0 aliphatic carbocycles. The van der Waals surface area contributed by atoms with Crippen molar-refractivity contribution in [1.29, 1.82) is 0 Å². The number of imidazole rings is 1. The summed E-state index contributed by atoms with van der Waals surface area (Å²) in [5, 5.41) is 3.13. The molecular formula is C22H37N7O5S. The van der Waals surface area contributed by atoms with Gasteiger partial charge in [0.1, 0.15) is 6.04 Å². The molecule has 1 unspecified atom stereocenters. The number of hydrogen-bond donors (Lipinski definition) is 4. The maximum absolute atomic E-state index is 13.6. The van der Waals surface area contributed by atoms with Crippen LogP contribution in [0.2, 0.25) is 0 Å². The quantitative estimate of drug-likeness (QED) is 0.261. The lowest BCUT2D eigenvalue weighted by atomic mass is 10.0. The lowest BCUT2D eigenvalue weighted by molar-refractivity contribution is -0.156. The van der Waals surface area contributed by atoms with Crippen molar-refractivity contribution in [3.8, 4) is 0 Å². The Morgan fingerprint density at radius 3 is 2.60 bits per heavy atom. The van der Waals surface area contributed by atoms with Crippen molar-refractivity contribution >= 4 is 27.7 Å². The van der Waals surface area contributed by atoms with Gasteiger partial charge in [-0.05, 0) is 51.5 Å². The van der Waals surface area contributed by atoms with Gasteiger partial charge >= 0.3 is 0 Å². The zero-order chi connectivity index (χ0) is 25.4. The van der Waals surface area contributed by atoms with Gasteiger partial charge in [0, 0.05) is 37.9 Å². The Morgan fingerprint density at radius 1 is 1.26 bits per heavy atom. The Bertz CT molecular complexity index is 957. The van der Waals surface area contributed by atoms with Crippen LogP contribution in [0, 0.1) is 0 Å². The van der Waals surface area contributed by atoms with Gasteiger partial charge in [0.15, 0.2) is 0 Å². The predicted molar refractivity (Wildman–Crippen MR) is 129 cm³/mol. The van der Waals surface area contributed by atoms with Gasteiger partial charge in [-0.25, -0.2) is 18.1 Å². The van der Waals surface area contributed by atoms with Gasteiger partial charge in [0.2, 0.25) is 27.7 Å². The number of hydrogen-bond acceptors (Lipinski definition) is 8. The van der Waals surface area contributed by atoms with Gasteiger partial charge < -0.3 is 20.9 Å². The normalized spacial score (nSPS) is 20.1. The van der Waals surface area contributed by atoms with Crippen molar-refractivity contribution in [1.82, 2.24) is 29.8 Å². The molecule has 2 aliphatic rings. The highest BCUT2D eigenvalue weighted by molar-refractivity contribution is 7.88. The molecule has 0 aromatic carbocycles. The first-order chi connectivity index (χ1) is 16.7. The molecule has 0 bridgehead atoms. The van der Waals surface area contributed by atoms with Crippen molar-refractivity contribution in [2.45, 2.75) is 69.5 Å². The van der Waals surface area contributed by atoms with Crippen LogP contribution in [0.3, 0.4) is 0 Å². The predicted octanol–water partition coefficient (Wildman–Crippen LogP) is -0.903. The molecule has 13 heteroatoms. The van der Waals surface area contributed by atoms with Crippen molar-refractivity contribution in [3.63, 3.8) is 0 Å². The SMILES string of the molecule is CS(=O)(=O)NCCCCC(C(=O)N1CCCC1)N(C(=O)[C@@H]1CCCN1)C(=O)[C@@H](N)Cc1cnc[nH]1. The van der Waals surface area contributed by atoms with Crippen LogP contribution in [-0.2, 0) is 30.8 Å². The topological polar surface area (TPSA) is 171 Å². The monoisotopic (exact) mass is 511 g/mol. The van der Waals surface area contributed by atoms with Crippen molar-refractivity contribution in [2.24, 2.45) is 5.73 Å². The second-order valence-corrected chi connectivity index (χ2v) is 11.1. The molecule has 196 valence electrons. The van der Waals surface area contributed by atoms with Gasteiger partial charge in [-0.3, -0.25) is 19.3 Å². The molecule has 35 heavy (non-hydrogen) atoms. The van der Waals surface area contributed by atoms with E-state index in [2.05, 4.69) is 20.0 Å². The van der Waals surface area contributed by atoms with Crippen LogP contribution < -0.4 is 15.8 Å². The highest BCUT2D eigenvalue weighted by atomic mass is 32.2. The molecule has 0 radical (unpaired) electrons. The minimum atomic E-state index is -3.32. The van der Waals surface area contributed by atoms with Crippen molar-refractivity contribution in [2.75, 3.05) is 32.4 Å². The summed E-state index contributed by atoms with van der Waals surface area (Å²) < 4.78 is 25.1. The number of unbranched alkanes of at least 4 members (excludes halogenated alkanes) is 1. The summed E-state index contributed by atoms with van der Waals surface area (Å²) in [5.74, 6) is -1.28. The van der Waals surface area contributed by atoms with Gasteiger partial charge in [0.25, 0.3) is 0 Å². The maximum Gasteiger partial charge on any atom is 0.247 e. The van der Waals surface area contributed by atoms with Crippen molar-refractivity contribution < 1.29 is 22.8 Å². The summed E-state index contributed by atoms with van der Waals surface area (Å²) in [5.41, 5.74) is 6.91. The summed E-state index contributed by atoms with van der Waals surface area (Å²) in [7, 11) is -3.32. The Balaban J connectivity index is 1.82. The minimum absolute atomic E-state index is 0.156. The largest absolute Gasteiger partial charge is 0.348 e. The van der Waals surface area contributed by atoms with Crippen LogP contribution in [0.15, 0.2) is 12.5 Å². The second kappa shape index (κ2) is 12.6. The van der Waals surface area contributed by atoms with Crippen molar-refractivity contribution in [3.05, 3.63) is 18.2 Å². The molecule has 3 rings (SSSR count). The van der Waals surface area contributed by atoms with E-state index in [1.807, 2.05) is 0 Å². The number of sulfonamides is 1. The molecule has 0 spiro atoms.